The van der Waals surface area contributed by atoms with Gasteiger partial charge < -0.3 is 14.6 Å². The van der Waals surface area contributed by atoms with Gasteiger partial charge in [-0.25, -0.2) is 4.79 Å². The summed E-state index contributed by atoms with van der Waals surface area (Å²) in [5.41, 5.74) is 0.965. The molecule has 98 valence electrons. The maximum atomic E-state index is 10.8. The molecule has 0 radical (unpaired) electrons. The molecule has 0 spiro atoms. The van der Waals surface area contributed by atoms with E-state index >= 15 is 0 Å². The normalized spacial score (nSPS) is 11.2. The Hall–Kier alpha value is -1.97. The Balaban J connectivity index is 3.14. The molecule has 0 aliphatic carbocycles. The largest absolute Gasteiger partial charge is 0.494 e. The van der Waals surface area contributed by atoms with Gasteiger partial charge >= 0.3 is 5.97 Å². The maximum Gasteiger partial charge on any atom is 0.331 e. The van der Waals surface area contributed by atoms with E-state index in [0.717, 1.165) is 0 Å². The van der Waals surface area contributed by atoms with E-state index in [2.05, 4.69) is 0 Å². The first kappa shape index (κ1) is 14.1. The molecule has 0 heterocycles. The van der Waals surface area contributed by atoms with E-state index in [1.807, 2.05) is 19.9 Å². The van der Waals surface area contributed by atoms with Crippen LogP contribution in [0.15, 0.2) is 23.8 Å². The molecule has 0 aliphatic heterocycles. The Kier molecular flexibility index (Phi) is 5.24. The summed E-state index contributed by atoms with van der Waals surface area (Å²) in [4.78, 5) is 10.8. The molecule has 0 amide bonds. The van der Waals surface area contributed by atoms with Gasteiger partial charge in [-0.3, -0.25) is 0 Å². The van der Waals surface area contributed by atoms with Crippen LogP contribution in [0.5, 0.6) is 11.5 Å². The van der Waals surface area contributed by atoms with Crippen LogP contribution in [-0.4, -0.2) is 24.3 Å². The minimum Gasteiger partial charge on any atom is -0.494 e. The van der Waals surface area contributed by atoms with E-state index in [1.54, 1.807) is 25.1 Å². The molecule has 1 aromatic rings. The van der Waals surface area contributed by atoms with Gasteiger partial charge in [0.25, 0.3) is 0 Å². The first-order chi connectivity index (χ1) is 8.58. The lowest BCUT2D eigenvalue weighted by Crippen LogP contribution is -1.99. The standard InChI is InChI=1S/C14H18O4/c1-4-17-12-6-7-13(18-5-2)11(9-12)8-10(3)14(15)16/h6-9H,4-5H2,1-3H3,(H,15,16)/b10-8+. The second-order valence-electron chi connectivity index (χ2n) is 3.70. The second kappa shape index (κ2) is 6.69. The third-order valence-corrected chi connectivity index (χ3v) is 2.30. The second-order valence-corrected chi connectivity index (χ2v) is 3.70. The van der Waals surface area contributed by atoms with Crippen LogP contribution in [-0.2, 0) is 4.79 Å². The van der Waals surface area contributed by atoms with Gasteiger partial charge in [0.1, 0.15) is 11.5 Å². The van der Waals surface area contributed by atoms with Crippen LogP contribution < -0.4 is 9.47 Å². The topological polar surface area (TPSA) is 55.8 Å². The van der Waals surface area contributed by atoms with Crippen LogP contribution in [0.25, 0.3) is 6.08 Å². The van der Waals surface area contributed by atoms with Crippen LogP contribution >= 0.6 is 0 Å². The van der Waals surface area contributed by atoms with Crippen molar-refractivity contribution >= 4 is 12.0 Å². The molecule has 1 N–H and O–H groups in total. The predicted octanol–water partition coefficient (Wildman–Crippen LogP) is 2.97. The highest BCUT2D eigenvalue weighted by atomic mass is 16.5. The zero-order valence-corrected chi connectivity index (χ0v) is 10.9. The number of aliphatic carboxylic acids is 1. The van der Waals surface area contributed by atoms with Crippen LogP contribution in [0.3, 0.4) is 0 Å². The smallest absolute Gasteiger partial charge is 0.331 e. The zero-order chi connectivity index (χ0) is 13.5. The van der Waals surface area contributed by atoms with Crippen molar-refractivity contribution in [2.45, 2.75) is 20.8 Å². The van der Waals surface area contributed by atoms with Crippen molar-refractivity contribution in [1.29, 1.82) is 0 Å². The van der Waals surface area contributed by atoms with Gasteiger partial charge in [-0.2, -0.15) is 0 Å². The van der Waals surface area contributed by atoms with Crippen molar-refractivity contribution in [3.05, 3.63) is 29.3 Å². The minimum absolute atomic E-state index is 0.254. The molecule has 0 atom stereocenters. The maximum absolute atomic E-state index is 10.8. The average Bonchev–Trinajstić information content (AvgIpc) is 2.33. The predicted molar refractivity (Wildman–Crippen MR) is 70.1 cm³/mol. The van der Waals surface area contributed by atoms with E-state index in [-0.39, 0.29) is 5.57 Å². The van der Waals surface area contributed by atoms with E-state index in [0.29, 0.717) is 30.3 Å². The van der Waals surface area contributed by atoms with Crippen LogP contribution in [0, 0.1) is 0 Å². The van der Waals surface area contributed by atoms with Gasteiger partial charge in [0.15, 0.2) is 0 Å². The summed E-state index contributed by atoms with van der Waals surface area (Å²) >= 11 is 0. The first-order valence-electron chi connectivity index (χ1n) is 5.89. The summed E-state index contributed by atoms with van der Waals surface area (Å²) in [7, 11) is 0. The quantitative estimate of drug-likeness (QED) is 0.788. The molecule has 1 rings (SSSR count). The van der Waals surface area contributed by atoms with Crippen molar-refractivity contribution in [3.63, 3.8) is 0 Å². The van der Waals surface area contributed by atoms with Crippen LogP contribution in [0.4, 0.5) is 0 Å². The van der Waals surface area contributed by atoms with Crippen LogP contribution in [0.2, 0.25) is 0 Å². The molecular formula is C14H18O4. The molecule has 1 aromatic carbocycles. The Morgan fingerprint density at radius 2 is 1.94 bits per heavy atom. The fourth-order valence-electron chi connectivity index (χ4n) is 1.48. The lowest BCUT2D eigenvalue weighted by atomic mass is 10.1. The molecule has 0 aromatic heterocycles. The molecule has 4 heteroatoms. The van der Waals surface area contributed by atoms with E-state index in [4.69, 9.17) is 14.6 Å². The van der Waals surface area contributed by atoms with Crippen molar-refractivity contribution in [2.24, 2.45) is 0 Å². The van der Waals surface area contributed by atoms with Gasteiger partial charge in [0.05, 0.1) is 13.2 Å². The minimum atomic E-state index is -0.945. The third-order valence-electron chi connectivity index (χ3n) is 2.30. The number of hydrogen-bond donors (Lipinski definition) is 1. The highest BCUT2D eigenvalue weighted by Gasteiger charge is 2.07. The lowest BCUT2D eigenvalue weighted by molar-refractivity contribution is -0.132. The molecule has 0 saturated heterocycles. The zero-order valence-electron chi connectivity index (χ0n) is 10.9. The molecular weight excluding hydrogens is 232 g/mol. The fraction of sp³-hybridized carbons (Fsp3) is 0.357. The van der Waals surface area contributed by atoms with Gasteiger partial charge in [0.2, 0.25) is 0 Å². The van der Waals surface area contributed by atoms with E-state index < -0.39 is 5.97 Å². The number of hydrogen-bond acceptors (Lipinski definition) is 3. The number of ether oxygens (including phenoxy) is 2. The van der Waals surface area contributed by atoms with Gasteiger partial charge in [-0.15, -0.1) is 0 Å². The summed E-state index contributed by atoms with van der Waals surface area (Å²) in [6.07, 6.45) is 1.58. The summed E-state index contributed by atoms with van der Waals surface area (Å²) in [6.45, 7) is 6.42. The Labute approximate surface area is 107 Å². The third kappa shape index (κ3) is 3.80. The lowest BCUT2D eigenvalue weighted by Gasteiger charge is -2.10. The van der Waals surface area contributed by atoms with Crippen molar-refractivity contribution in [1.82, 2.24) is 0 Å². The summed E-state index contributed by atoms with van der Waals surface area (Å²) in [5, 5.41) is 8.90. The SMILES string of the molecule is CCOc1ccc(OCC)c(/C=C(\C)C(=O)O)c1. The van der Waals surface area contributed by atoms with Crippen LogP contribution in [0.1, 0.15) is 26.3 Å². The number of carboxylic acid groups (broad SMARTS) is 1. The van der Waals surface area contributed by atoms with Gasteiger partial charge in [-0.1, -0.05) is 0 Å². The highest BCUT2D eigenvalue weighted by molar-refractivity contribution is 5.92. The average molecular weight is 250 g/mol. The molecule has 18 heavy (non-hydrogen) atoms. The Morgan fingerprint density at radius 3 is 2.50 bits per heavy atom. The summed E-state index contributed by atoms with van der Waals surface area (Å²) in [5.74, 6) is 0.409. The van der Waals surface area contributed by atoms with Crippen molar-refractivity contribution < 1.29 is 19.4 Å². The number of carboxylic acids is 1. The molecule has 0 saturated carbocycles. The Morgan fingerprint density at radius 1 is 1.28 bits per heavy atom. The molecule has 0 aliphatic rings. The molecule has 0 bridgehead atoms. The molecule has 0 unspecified atom stereocenters. The van der Waals surface area contributed by atoms with Gasteiger partial charge in [-0.05, 0) is 45.0 Å². The van der Waals surface area contributed by atoms with E-state index in [1.165, 1.54) is 0 Å². The molecule has 4 nitrogen and oxygen atoms in total. The van der Waals surface area contributed by atoms with Gasteiger partial charge in [0, 0.05) is 11.1 Å². The fourth-order valence-corrected chi connectivity index (χ4v) is 1.48. The number of rotatable bonds is 6. The Bertz CT molecular complexity index is 449. The number of carbonyl (C=O) groups is 1. The summed E-state index contributed by atoms with van der Waals surface area (Å²) < 4.78 is 10.8. The first-order valence-corrected chi connectivity index (χ1v) is 5.89. The van der Waals surface area contributed by atoms with Crippen molar-refractivity contribution in [2.75, 3.05) is 13.2 Å². The molecule has 0 fully saturated rings. The monoisotopic (exact) mass is 250 g/mol. The summed E-state index contributed by atoms with van der Waals surface area (Å²) in [6, 6.07) is 5.37. The van der Waals surface area contributed by atoms with E-state index in [9.17, 15) is 4.79 Å². The highest BCUT2D eigenvalue weighted by Crippen LogP contribution is 2.26. The van der Waals surface area contributed by atoms with Crippen molar-refractivity contribution in [3.8, 4) is 11.5 Å². The number of benzene rings is 1.